The number of nitrogens with zero attached hydrogens (tertiary/aromatic N) is 1. The van der Waals surface area contributed by atoms with Gasteiger partial charge in [0.05, 0.1) is 18.0 Å². The lowest BCUT2D eigenvalue weighted by Crippen LogP contribution is -2.38. The molecule has 0 aromatic heterocycles. The number of benzene rings is 2. The fraction of sp³-hybridized carbons (Fsp3) is 0.350. The molecule has 0 saturated carbocycles. The van der Waals surface area contributed by atoms with Crippen molar-refractivity contribution in [3.8, 4) is 5.75 Å². The number of ether oxygens (including phenoxy) is 1. The summed E-state index contributed by atoms with van der Waals surface area (Å²) in [5.41, 5.74) is 1.08. The van der Waals surface area contributed by atoms with Gasteiger partial charge < -0.3 is 10.1 Å². The molecule has 0 unspecified atom stereocenters. The first-order valence-electron chi connectivity index (χ1n) is 9.04. The van der Waals surface area contributed by atoms with Gasteiger partial charge in [0.25, 0.3) is 0 Å². The molecule has 0 atom stereocenters. The zero-order chi connectivity index (χ0) is 20.6. The summed E-state index contributed by atoms with van der Waals surface area (Å²) in [5, 5.41) is 3.21. The highest BCUT2D eigenvalue weighted by atomic mass is 35.5. The Bertz CT molecular complexity index is 885. The van der Waals surface area contributed by atoms with Crippen molar-refractivity contribution >= 4 is 27.5 Å². The van der Waals surface area contributed by atoms with Gasteiger partial charge in [-0.2, -0.15) is 4.31 Å². The van der Waals surface area contributed by atoms with E-state index >= 15 is 0 Å². The van der Waals surface area contributed by atoms with E-state index in [1.165, 1.54) is 31.3 Å². The zero-order valence-corrected chi connectivity index (χ0v) is 17.6. The minimum Gasteiger partial charge on any atom is -0.494 e. The molecule has 0 aliphatic heterocycles. The Kier molecular flexibility index (Phi) is 8.29. The highest BCUT2D eigenvalue weighted by molar-refractivity contribution is 7.89. The van der Waals surface area contributed by atoms with Gasteiger partial charge in [-0.05, 0) is 55.7 Å². The van der Waals surface area contributed by atoms with Gasteiger partial charge in [-0.15, -0.1) is 0 Å². The third-order valence-corrected chi connectivity index (χ3v) is 6.18. The van der Waals surface area contributed by atoms with E-state index in [2.05, 4.69) is 5.32 Å². The SMILES string of the molecule is CCOc1ccccc1CCCNC(=O)CN(C)S(=O)(=O)c1ccc(Cl)cc1. The van der Waals surface area contributed by atoms with Crippen molar-refractivity contribution in [3.63, 3.8) is 0 Å². The summed E-state index contributed by atoms with van der Waals surface area (Å²) in [7, 11) is -2.36. The third-order valence-electron chi connectivity index (χ3n) is 4.11. The highest BCUT2D eigenvalue weighted by Gasteiger charge is 2.22. The van der Waals surface area contributed by atoms with E-state index in [9.17, 15) is 13.2 Å². The number of aryl methyl sites for hydroxylation is 1. The molecule has 6 nitrogen and oxygen atoms in total. The van der Waals surface area contributed by atoms with Crippen LogP contribution >= 0.6 is 11.6 Å². The molecule has 2 rings (SSSR count). The molecule has 0 fully saturated rings. The first-order chi connectivity index (χ1) is 13.3. The Morgan fingerprint density at radius 2 is 1.82 bits per heavy atom. The van der Waals surface area contributed by atoms with Crippen LogP contribution in [0.4, 0.5) is 0 Å². The van der Waals surface area contributed by atoms with Crippen LogP contribution in [0.1, 0.15) is 18.9 Å². The van der Waals surface area contributed by atoms with Gasteiger partial charge in [0.2, 0.25) is 15.9 Å². The van der Waals surface area contributed by atoms with E-state index in [4.69, 9.17) is 16.3 Å². The van der Waals surface area contributed by atoms with E-state index < -0.39 is 10.0 Å². The fourth-order valence-electron chi connectivity index (χ4n) is 2.64. The van der Waals surface area contributed by atoms with Gasteiger partial charge in [0, 0.05) is 18.6 Å². The Morgan fingerprint density at radius 1 is 1.14 bits per heavy atom. The first kappa shape index (κ1) is 22.2. The molecule has 0 saturated heterocycles. The maximum atomic E-state index is 12.5. The van der Waals surface area contributed by atoms with Crippen LogP contribution < -0.4 is 10.1 Å². The van der Waals surface area contributed by atoms with Crippen LogP contribution in [0, 0.1) is 0 Å². The second-order valence-corrected chi connectivity index (χ2v) is 8.69. The number of rotatable bonds is 10. The molecule has 152 valence electrons. The molecule has 1 amide bonds. The molecule has 2 aromatic carbocycles. The minimum absolute atomic E-state index is 0.0970. The Balaban J connectivity index is 1.81. The summed E-state index contributed by atoms with van der Waals surface area (Å²) in [6.45, 7) is 2.74. The minimum atomic E-state index is -3.74. The number of hydrogen-bond donors (Lipinski definition) is 1. The maximum Gasteiger partial charge on any atom is 0.243 e. The molecule has 0 spiro atoms. The standard InChI is InChI=1S/C20H25ClN2O4S/c1-3-27-19-9-5-4-7-16(19)8-6-14-22-20(24)15-23(2)28(25,26)18-12-10-17(21)11-13-18/h4-5,7,9-13H,3,6,8,14-15H2,1-2H3,(H,22,24). The van der Waals surface area contributed by atoms with Crippen molar-refractivity contribution in [2.24, 2.45) is 0 Å². The number of carbonyl (C=O) groups excluding carboxylic acids is 1. The molecule has 0 aliphatic carbocycles. The molecular weight excluding hydrogens is 400 g/mol. The van der Waals surface area contributed by atoms with Gasteiger partial charge in [-0.1, -0.05) is 29.8 Å². The van der Waals surface area contributed by atoms with Crippen molar-refractivity contribution < 1.29 is 17.9 Å². The monoisotopic (exact) mass is 424 g/mol. The van der Waals surface area contributed by atoms with E-state index in [0.717, 1.165) is 28.5 Å². The number of likely N-dealkylation sites (N-methyl/N-ethyl adjacent to an activating group) is 1. The predicted octanol–water partition coefficient (Wildman–Crippen LogP) is 3.11. The number of para-hydroxylation sites is 1. The summed E-state index contributed by atoms with van der Waals surface area (Å²) in [6, 6.07) is 13.6. The summed E-state index contributed by atoms with van der Waals surface area (Å²) >= 11 is 5.79. The van der Waals surface area contributed by atoms with Gasteiger partial charge in [0.1, 0.15) is 5.75 Å². The van der Waals surface area contributed by atoms with Crippen LogP contribution in [0.2, 0.25) is 5.02 Å². The highest BCUT2D eigenvalue weighted by Crippen LogP contribution is 2.19. The lowest BCUT2D eigenvalue weighted by atomic mass is 10.1. The number of nitrogens with one attached hydrogen (secondary N) is 1. The van der Waals surface area contributed by atoms with Crippen LogP contribution in [0.25, 0.3) is 0 Å². The second-order valence-electron chi connectivity index (χ2n) is 6.21. The smallest absolute Gasteiger partial charge is 0.243 e. The van der Waals surface area contributed by atoms with Gasteiger partial charge in [-0.25, -0.2) is 8.42 Å². The Morgan fingerprint density at radius 3 is 2.50 bits per heavy atom. The largest absolute Gasteiger partial charge is 0.494 e. The van der Waals surface area contributed by atoms with Crippen LogP contribution in [0.3, 0.4) is 0 Å². The normalized spacial score (nSPS) is 11.4. The van der Waals surface area contributed by atoms with Crippen molar-refractivity contribution in [3.05, 3.63) is 59.1 Å². The van der Waals surface area contributed by atoms with E-state index in [0.29, 0.717) is 18.2 Å². The molecule has 0 aliphatic rings. The first-order valence-corrected chi connectivity index (χ1v) is 10.9. The topological polar surface area (TPSA) is 75.7 Å². The van der Waals surface area contributed by atoms with Gasteiger partial charge in [0.15, 0.2) is 0 Å². The number of amides is 1. The van der Waals surface area contributed by atoms with Crippen molar-refractivity contribution in [1.82, 2.24) is 9.62 Å². The molecule has 8 heteroatoms. The summed E-state index contributed by atoms with van der Waals surface area (Å²) in [4.78, 5) is 12.2. The molecule has 2 aromatic rings. The van der Waals surface area contributed by atoms with E-state index in [1.807, 2.05) is 31.2 Å². The van der Waals surface area contributed by atoms with Gasteiger partial charge >= 0.3 is 0 Å². The maximum absolute atomic E-state index is 12.5. The summed E-state index contributed by atoms with van der Waals surface area (Å²) in [6.07, 6.45) is 1.48. The van der Waals surface area contributed by atoms with E-state index in [1.54, 1.807) is 0 Å². The molecular formula is C20H25ClN2O4S. The molecule has 1 N–H and O–H groups in total. The van der Waals surface area contributed by atoms with Crippen LogP contribution in [0.15, 0.2) is 53.4 Å². The van der Waals surface area contributed by atoms with Crippen molar-refractivity contribution in [2.45, 2.75) is 24.7 Å². The van der Waals surface area contributed by atoms with Crippen LogP contribution in [0.5, 0.6) is 5.75 Å². The average molecular weight is 425 g/mol. The number of carbonyl (C=O) groups is 1. The average Bonchev–Trinajstić information content (AvgIpc) is 2.67. The number of halogens is 1. The molecule has 0 heterocycles. The molecule has 28 heavy (non-hydrogen) atoms. The lowest BCUT2D eigenvalue weighted by Gasteiger charge is -2.17. The van der Waals surface area contributed by atoms with Crippen molar-refractivity contribution in [1.29, 1.82) is 0 Å². The third kappa shape index (κ3) is 6.22. The predicted molar refractivity (Wildman–Crippen MR) is 110 cm³/mol. The summed E-state index contributed by atoms with van der Waals surface area (Å²) < 4.78 is 31.6. The van der Waals surface area contributed by atoms with E-state index in [-0.39, 0.29) is 17.3 Å². The lowest BCUT2D eigenvalue weighted by molar-refractivity contribution is -0.121. The fourth-order valence-corrected chi connectivity index (χ4v) is 3.90. The van der Waals surface area contributed by atoms with Crippen LogP contribution in [-0.2, 0) is 21.2 Å². The number of sulfonamides is 1. The zero-order valence-electron chi connectivity index (χ0n) is 16.0. The Labute approximate surface area is 171 Å². The second kappa shape index (κ2) is 10.5. The Hall–Kier alpha value is -2.09. The van der Waals surface area contributed by atoms with Crippen molar-refractivity contribution in [2.75, 3.05) is 26.7 Å². The number of hydrogen-bond acceptors (Lipinski definition) is 4. The van der Waals surface area contributed by atoms with Crippen LogP contribution in [-0.4, -0.2) is 45.4 Å². The molecule has 0 radical (unpaired) electrons. The van der Waals surface area contributed by atoms with Gasteiger partial charge in [-0.3, -0.25) is 4.79 Å². The molecule has 0 bridgehead atoms. The summed E-state index contributed by atoms with van der Waals surface area (Å²) in [5.74, 6) is 0.503. The quantitative estimate of drug-likeness (QED) is 0.594.